The van der Waals surface area contributed by atoms with Crippen LogP contribution in [0.3, 0.4) is 0 Å². The first-order chi connectivity index (χ1) is 21.9. The molecular weight excluding hydrogens is 544 g/mol. The van der Waals surface area contributed by atoms with Gasteiger partial charge in [0.05, 0.1) is 5.22 Å². The number of anilines is 1. The van der Waals surface area contributed by atoms with E-state index in [0.29, 0.717) is 11.8 Å². The molecule has 0 radical (unpaired) electrons. The number of hydrogen-bond acceptors (Lipinski definition) is 1. The van der Waals surface area contributed by atoms with Crippen LogP contribution in [0.1, 0.15) is 73.5 Å². The van der Waals surface area contributed by atoms with Crippen molar-refractivity contribution in [1.82, 2.24) is 0 Å². The number of allylic oxidation sites excluding steroid dienone is 2. The third-order valence-corrected chi connectivity index (χ3v) is 9.40. The SMILES string of the molecule is C=[n+]1c(C(Nc2c(C(C)C)cccc2C(C)C)c2cc3ccccc3c3ccccc23)cccc1=c1cccc2c1=CC=CC2. The van der Waals surface area contributed by atoms with Gasteiger partial charge in [-0.1, -0.05) is 125 Å². The summed E-state index contributed by atoms with van der Waals surface area (Å²) in [4.78, 5) is 0. The maximum absolute atomic E-state index is 4.74. The van der Waals surface area contributed by atoms with Crippen LogP contribution in [-0.4, -0.2) is 0 Å². The molecule has 0 bridgehead atoms. The fourth-order valence-electron chi connectivity index (χ4n) is 7.11. The Hall–Kier alpha value is -4.95. The summed E-state index contributed by atoms with van der Waals surface area (Å²) >= 11 is 0. The van der Waals surface area contributed by atoms with Crippen molar-refractivity contribution in [1.29, 1.82) is 0 Å². The van der Waals surface area contributed by atoms with Gasteiger partial charge in [0.25, 0.3) is 0 Å². The number of nitrogens with one attached hydrogen (secondary N) is 1. The van der Waals surface area contributed by atoms with Crippen LogP contribution in [0.15, 0.2) is 121 Å². The number of nitrogens with zero attached hydrogens (tertiary/aromatic N) is 1. The molecular formula is C43H41N2+. The molecule has 0 aliphatic heterocycles. The van der Waals surface area contributed by atoms with Gasteiger partial charge >= 0.3 is 0 Å². The van der Waals surface area contributed by atoms with Gasteiger partial charge in [0.2, 0.25) is 11.0 Å². The highest BCUT2D eigenvalue weighted by Crippen LogP contribution is 2.39. The summed E-state index contributed by atoms with van der Waals surface area (Å²) < 4.78 is 2.16. The van der Waals surface area contributed by atoms with Crippen LogP contribution in [0.25, 0.3) is 27.6 Å². The van der Waals surface area contributed by atoms with Gasteiger partial charge in [0.1, 0.15) is 12.8 Å². The molecule has 0 saturated heterocycles. The van der Waals surface area contributed by atoms with E-state index in [2.05, 4.69) is 165 Å². The zero-order chi connectivity index (χ0) is 31.1. The van der Waals surface area contributed by atoms with Crippen molar-refractivity contribution in [2.24, 2.45) is 0 Å². The molecule has 1 heterocycles. The molecule has 0 spiro atoms. The molecule has 1 N–H and O–H groups in total. The second-order valence-electron chi connectivity index (χ2n) is 12.9. The van der Waals surface area contributed by atoms with Gasteiger partial charge in [-0.15, -0.1) is 0 Å². The van der Waals surface area contributed by atoms with Crippen LogP contribution in [-0.2, 0) is 6.42 Å². The third-order valence-electron chi connectivity index (χ3n) is 9.40. The Morgan fingerprint density at radius 2 is 1.33 bits per heavy atom. The second kappa shape index (κ2) is 11.9. The van der Waals surface area contributed by atoms with Crippen molar-refractivity contribution < 1.29 is 4.24 Å². The lowest BCUT2D eigenvalue weighted by Gasteiger charge is -2.26. The van der Waals surface area contributed by atoms with Crippen LogP contribution in [0.5, 0.6) is 0 Å². The first-order valence-electron chi connectivity index (χ1n) is 16.2. The largest absolute Gasteiger partial charge is 0.369 e. The topological polar surface area (TPSA) is 17.9 Å². The molecule has 2 nitrogen and oxygen atoms in total. The Labute approximate surface area is 266 Å². The van der Waals surface area contributed by atoms with Crippen LogP contribution >= 0.6 is 0 Å². The quantitative estimate of drug-likeness (QED) is 0.152. The number of aromatic nitrogens is 1. The Morgan fingerprint density at radius 3 is 2.09 bits per heavy atom. The molecule has 1 aromatic heterocycles. The van der Waals surface area contributed by atoms with Crippen molar-refractivity contribution in [2.45, 2.75) is 52.0 Å². The van der Waals surface area contributed by atoms with Crippen LogP contribution < -0.4 is 14.8 Å². The molecule has 7 rings (SSSR count). The number of para-hydroxylation sites is 1. The average molecular weight is 586 g/mol. The fourth-order valence-corrected chi connectivity index (χ4v) is 7.11. The third kappa shape index (κ3) is 5.15. The van der Waals surface area contributed by atoms with Gasteiger partial charge in [-0.25, -0.2) is 0 Å². The minimum absolute atomic E-state index is 0.155. The maximum atomic E-state index is 4.74. The average Bonchev–Trinajstić information content (AvgIpc) is 3.07. The number of pyridine rings is 1. The zero-order valence-corrected chi connectivity index (χ0v) is 26.7. The summed E-state index contributed by atoms with van der Waals surface area (Å²) in [5.41, 5.74) is 7.61. The minimum Gasteiger partial charge on any atom is -0.369 e. The predicted octanol–water partition coefficient (Wildman–Crippen LogP) is 9.55. The molecule has 1 unspecified atom stereocenters. The van der Waals surface area contributed by atoms with Crippen LogP contribution in [0.2, 0.25) is 0 Å². The molecule has 2 heteroatoms. The van der Waals surface area contributed by atoms with E-state index >= 15 is 0 Å². The standard InChI is InChI=1S/C43H41N2/c1-28(2)32-22-13-23-33(29(3)4)42(32)44-43(39-27-31-16-7-9-19-35(31)36-20-10-11-21-37(36)39)41-26-14-25-40(45(41)5)38-24-12-17-30-15-6-8-18-34(30)38/h6-14,16-29,43-44H,5,15H2,1-4H3/q+1. The van der Waals surface area contributed by atoms with Gasteiger partial charge in [0.15, 0.2) is 0 Å². The molecule has 0 fully saturated rings. The monoisotopic (exact) mass is 585 g/mol. The zero-order valence-electron chi connectivity index (χ0n) is 26.7. The maximum Gasteiger partial charge on any atom is 0.218 e. The lowest BCUT2D eigenvalue weighted by molar-refractivity contribution is -0.520. The fraction of sp³-hybridized carbons (Fsp3) is 0.186. The predicted molar refractivity (Wildman–Crippen MR) is 190 cm³/mol. The Morgan fingerprint density at radius 1 is 0.667 bits per heavy atom. The first kappa shape index (κ1) is 28.8. The molecule has 0 saturated carbocycles. The smallest absolute Gasteiger partial charge is 0.218 e. The van der Waals surface area contributed by atoms with Gasteiger partial charge in [-0.05, 0) is 85.5 Å². The summed E-state index contributed by atoms with van der Waals surface area (Å²) in [7, 11) is 0. The van der Waals surface area contributed by atoms with E-state index in [1.54, 1.807) is 0 Å². The molecule has 6 aromatic rings. The van der Waals surface area contributed by atoms with E-state index in [-0.39, 0.29) is 6.04 Å². The number of hydrogen-bond donors (Lipinski definition) is 1. The molecule has 45 heavy (non-hydrogen) atoms. The molecule has 1 atom stereocenters. The Bertz CT molecular complexity index is 2280. The van der Waals surface area contributed by atoms with Crippen molar-refractivity contribution in [3.05, 3.63) is 172 Å². The summed E-state index contributed by atoms with van der Waals surface area (Å²) in [6.45, 7) is 13.9. The van der Waals surface area contributed by atoms with Crippen LogP contribution in [0.4, 0.5) is 5.69 Å². The van der Waals surface area contributed by atoms with E-state index in [1.165, 1.54) is 59.9 Å². The van der Waals surface area contributed by atoms with Crippen molar-refractivity contribution in [2.75, 3.05) is 5.32 Å². The number of rotatable bonds is 6. The normalized spacial score (nSPS) is 14.1. The summed E-state index contributed by atoms with van der Waals surface area (Å²) in [6.07, 6.45) is 7.59. The lowest BCUT2D eigenvalue weighted by atomic mass is 9.89. The van der Waals surface area contributed by atoms with Gasteiger partial charge in [-0.3, -0.25) is 0 Å². The highest BCUT2D eigenvalue weighted by molar-refractivity contribution is 6.09. The Kier molecular flexibility index (Phi) is 7.59. The van der Waals surface area contributed by atoms with Gasteiger partial charge < -0.3 is 5.32 Å². The van der Waals surface area contributed by atoms with Crippen molar-refractivity contribution >= 4 is 33.3 Å². The summed E-state index contributed by atoms with van der Waals surface area (Å²) in [5, 5.41) is 12.8. The molecule has 5 aromatic carbocycles. The van der Waals surface area contributed by atoms with E-state index in [4.69, 9.17) is 6.72 Å². The first-order valence-corrected chi connectivity index (χ1v) is 16.2. The molecule has 1 aliphatic rings. The van der Waals surface area contributed by atoms with E-state index in [9.17, 15) is 0 Å². The minimum atomic E-state index is -0.155. The van der Waals surface area contributed by atoms with Crippen molar-refractivity contribution in [3.63, 3.8) is 0 Å². The molecule has 0 amide bonds. The van der Waals surface area contributed by atoms with E-state index < -0.39 is 0 Å². The van der Waals surface area contributed by atoms with Gasteiger partial charge in [0, 0.05) is 17.8 Å². The highest BCUT2D eigenvalue weighted by atomic mass is 15.0. The van der Waals surface area contributed by atoms with Gasteiger partial charge in [-0.2, -0.15) is 4.24 Å². The Balaban J connectivity index is 1.58. The van der Waals surface area contributed by atoms with Crippen molar-refractivity contribution in [3.8, 4) is 0 Å². The molecule has 1 aliphatic carbocycles. The highest BCUT2D eigenvalue weighted by Gasteiger charge is 2.27. The lowest BCUT2D eigenvalue weighted by Crippen LogP contribution is -2.31. The summed E-state index contributed by atoms with van der Waals surface area (Å²) in [5.74, 6) is 0.746. The van der Waals surface area contributed by atoms with Crippen LogP contribution in [0, 0.1) is 17.3 Å². The summed E-state index contributed by atoms with van der Waals surface area (Å²) in [6, 6.07) is 39.9. The number of benzene rings is 5. The van der Waals surface area contributed by atoms with E-state index in [0.717, 1.165) is 17.5 Å². The number of fused-ring (bicyclic) bond motifs is 4. The second-order valence-corrected chi connectivity index (χ2v) is 12.9. The van der Waals surface area contributed by atoms with E-state index in [1.807, 2.05) is 0 Å². The molecule has 222 valence electrons.